The zero-order chi connectivity index (χ0) is 14.8. The summed E-state index contributed by atoms with van der Waals surface area (Å²) in [7, 11) is 0. The van der Waals surface area contributed by atoms with Crippen LogP contribution in [0.5, 0.6) is 0 Å². The Morgan fingerprint density at radius 3 is 2.67 bits per heavy atom. The molecule has 0 spiro atoms. The largest absolute Gasteiger partial charge is 0.288 e. The number of rotatable bonds is 3. The van der Waals surface area contributed by atoms with Gasteiger partial charge in [-0.15, -0.1) is 0 Å². The van der Waals surface area contributed by atoms with E-state index in [0.717, 1.165) is 11.3 Å². The SMILES string of the molecule is Cc1ccc(F)c(C(=O)c2cnn(-c3ccccc3)c2)c1. The first-order chi connectivity index (χ1) is 10.1. The van der Waals surface area contributed by atoms with Crippen molar-refractivity contribution >= 4 is 5.78 Å². The van der Waals surface area contributed by atoms with Crippen LogP contribution in [0.15, 0.2) is 60.9 Å². The van der Waals surface area contributed by atoms with E-state index in [1.807, 2.05) is 37.3 Å². The van der Waals surface area contributed by atoms with Crippen molar-refractivity contribution in [2.75, 3.05) is 0 Å². The summed E-state index contributed by atoms with van der Waals surface area (Å²) >= 11 is 0. The number of aryl methyl sites for hydroxylation is 1. The standard InChI is InChI=1S/C17H13FN2O/c1-12-7-8-16(18)15(9-12)17(21)13-10-19-20(11-13)14-5-3-2-4-6-14/h2-11H,1H3. The zero-order valence-corrected chi connectivity index (χ0v) is 11.5. The van der Waals surface area contributed by atoms with Crippen LogP contribution in [-0.4, -0.2) is 15.6 Å². The number of aromatic nitrogens is 2. The molecule has 3 nitrogen and oxygen atoms in total. The van der Waals surface area contributed by atoms with Gasteiger partial charge in [-0.2, -0.15) is 5.10 Å². The molecular formula is C17H13FN2O. The molecule has 3 rings (SSSR count). The highest BCUT2D eigenvalue weighted by atomic mass is 19.1. The number of halogens is 1. The molecule has 0 atom stereocenters. The number of para-hydroxylation sites is 1. The van der Waals surface area contributed by atoms with E-state index in [1.54, 1.807) is 23.0 Å². The van der Waals surface area contributed by atoms with Gasteiger partial charge in [0.15, 0.2) is 5.78 Å². The fourth-order valence-corrected chi connectivity index (χ4v) is 2.13. The van der Waals surface area contributed by atoms with Crippen molar-refractivity contribution in [1.82, 2.24) is 9.78 Å². The van der Waals surface area contributed by atoms with Crippen LogP contribution >= 0.6 is 0 Å². The molecule has 2 aromatic carbocycles. The summed E-state index contributed by atoms with van der Waals surface area (Å²) in [6.07, 6.45) is 3.07. The minimum Gasteiger partial charge on any atom is -0.288 e. The Bertz CT molecular complexity index is 794. The second kappa shape index (κ2) is 5.32. The van der Waals surface area contributed by atoms with Gasteiger partial charge in [-0.25, -0.2) is 9.07 Å². The highest BCUT2D eigenvalue weighted by Crippen LogP contribution is 2.16. The monoisotopic (exact) mass is 280 g/mol. The summed E-state index contributed by atoms with van der Waals surface area (Å²) in [5.74, 6) is -0.878. The lowest BCUT2D eigenvalue weighted by Gasteiger charge is -2.02. The van der Waals surface area contributed by atoms with Gasteiger partial charge in [-0.3, -0.25) is 4.79 Å². The van der Waals surface area contributed by atoms with E-state index in [-0.39, 0.29) is 11.3 Å². The highest BCUT2D eigenvalue weighted by Gasteiger charge is 2.16. The predicted octanol–water partition coefficient (Wildman–Crippen LogP) is 3.55. The van der Waals surface area contributed by atoms with E-state index in [9.17, 15) is 9.18 Å². The molecule has 0 saturated carbocycles. The summed E-state index contributed by atoms with van der Waals surface area (Å²) in [6, 6.07) is 13.9. The Kier molecular flexibility index (Phi) is 3.36. The number of carbonyl (C=O) groups is 1. The van der Waals surface area contributed by atoms with Crippen LogP contribution < -0.4 is 0 Å². The minimum atomic E-state index is -0.516. The van der Waals surface area contributed by atoms with Crippen molar-refractivity contribution in [1.29, 1.82) is 0 Å². The lowest BCUT2D eigenvalue weighted by Crippen LogP contribution is -2.04. The Morgan fingerprint density at radius 2 is 1.90 bits per heavy atom. The van der Waals surface area contributed by atoms with E-state index < -0.39 is 5.82 Å². The molecule has 3 aromatic rings. The molecule has 1 aromatic heterocycles. The second-order valence-corrected chi connectivity index (χ2v) is 4.82. The van der Waals surface area contributed by atoms with E-state index in [4.69, 9.17) is 0 Å². The first-order valence-electron chi connectivity index (χ1n) is 6.56. The van der Waals surface area contributed by atoms with E-state index >= 15 is 0 Å². The van der Waals surface area contributed by atoms with Crippen LogP contribution in [-0.2, 0) is 0 Å². The molecular weight excluding hydrogens is 267 g/mol. The molecule has 0 aliphatic carbocycles. The van der Waals surface area contributed by atoms with Gasteiger partial charge in [0, 0.05) is 6.20 Å². The fraction of sp³-hybridized carbons (Fsp3) is 0.0588. The third kappa shape index (κ3) is 2.60. The first kappa shape index (κ1) is 13.2. The van der Waals surface area contributed by atoms with Crippen molar-refractivity contribution in [3.63, 3.8) is 0 Å². The lowest BCUT2D eigenvalue weighted by molar-refractivity contribution is 0.103. The topological polar surface area (TPSA) is 34.9 Å². The molecule has 0 bridgehead atoms. The molecule has 0 N–H and O–H groups in total. The molecule has 0 amide bonds. The zero-order valence-electron chi connectivity index (χ0n) is 11.5. The maximum Gasteiger partial charge on any atom is 0.199 e. The van der Waals surface area contributed by atoms with Crippen molar-refractivity contribution in [3.8, 4) is 5.69 Å². The third-order valence-corrected chi connectivity index (χ3v) is 3.23. The van der Waals surface area contributed by atoms with Crippen LogP contribution in [0.2, 0.25) is 0 Å². The summed E-state index contributed by atoms with van der Waals surface area (Å²) in [6.45, 7) is 1.82. The average Bonchev–Trinajstić information content (AvgIpc) is 3.00. The number of carbonyl (C=O) groups excluding carboxylic acids is 1. The molecule has 0 fully saturated rings. The van der Waals surface area contributed by atoms with Crippen LogP contribution in [0.3, 0.4) is 0 Å². The van der Waals surface area contributed by atoms with Gasteiger partial charge in [0.25, 0.3) is 0 Å². The van der Waals surface area contributed by atoms with Crippen molar-refractivity contribution < 1.29 is 9.18 Å². The number of hydrogen-bond donors (Lipinski definition) is 0. The second-order valence-electron chi connectivity index (χ2n) is 4.82. The molecule has 1 heterocycles. The maximum atomic E-state index is 13.8. The molecule has 0 aliphatic heterocycles. The van der Waals surface area contributed by atoms with Crippen molar-refractivity contribution in [2.45, 2.75) is 6.92 Å². The molecule has 0 unspecified atom stereocenters. The Morgan fingerprint density at radius 1 is 1.14 bits per heavy atom. The van der Waals surface area contributed by atoms with Crippen LogP contribution in [0, 0.1) is 12.7 Å². The van der Waals surface area contributed by atoms with Gasteiger partial charge >= 0.3 is 0 Å². The minimum absolute atomic E-state index is 0.0719. The van der Waals surface area contributed by atoms with Crippen LogP contribution in [0.25, 0.3) is 5.69 Å². The molecule has 21 heavy (non-hydrogen) atoms. The molecule has 0 saturated heterocycles. The van der Waals surface area contributed by atoms with Crippen LogP contribution in [0.1, 0.15) is 21.5 Å². The van der Waals surface area contributed by atoms with Gasteiger partial charge < -0.3 is 0 Å². The summed E-state index contributed by atoms with van der Waals surface area (Å²) in [5, 5.41) is 4.16. The quantitative estimate of drug-likeness (QED) is 0.688. The van der Waals surface area contributed by atoms with E-state index in [1.165, 1.54) is 12.3 Å². The Hall–Kier alpha value is -2.75. The van der Waals surface area contributed by atoms with Gasteiger partial charge in [0.2, 0.25) is 0 Å². The normalized spacial score (nSPS) is 10.6. The molecule has 0 aliphatic rings. The van der Waals surface area contributed by atoms with Crippen molar-refractivity contribution in [2.24, 2.45) is 0 Å². The third-order valence-electron chi connectivity index (χ3n) is 3.23. The number of hydrogen-bond acceptors (Lipinski definition) is 2. The number of ketones is 1. The molecule has 4 heteroatoms. The molecule has 0 radical (unpaired) electrons. The van der Waals surface area contributed by atoms with Gasteiger partial charge in [-0.05, 0) is 31.2 Å². The summed E-state index contributed by atoms with van der Waals surface area (Å²) in [5.41, 5.74) is 2.13. The van der Waals surface area contributed by atoms with E-state index in [0.29, 0.717) is 5.56 Å². The van der Waals surface area contributed by atoms with Crippen molar-refractivity contribution in [3.05, 3.63) is 83.4 Å². The van der Waals surface area contributed by atoms with Gasteiger partial charge in [-0.1, -0.05) is 29.8 Å². The fourth-order valence-electron chi connectivity index (χ4n) is 2.13. The van der Waals surface area contributed by atoms with E-state index in [2.05, 4.69) is 5.10 Å². The number of benzene rings is 2. The van der Waals surface area contributed by atoms with Gasteiger partial charge in [0.05, 0.1) is 23.0 Å². The maximum absolute atomic E-state index is 13.8. The number of nitrogens with zero attached hydrogens (tertiary/aromatic N) is 2. The molecule has 104 valence electrons. The van der Waals surface area contributed by atoms with Crippen LogP contribution in [0.4, 0.5) is 4.39 Å². The average molecular weight is 280 g/mol. The summed E-state index contributed by atoms with van der Waals surface area (Å²) < 4.78 is 15.4. The Labute approximate surface area is 121 Å². The highest BCUT2D eigenvalue weighted by molar-refractivity contribution is 6.09. The summed E-state index contributed by atoms with van der Waals surface area (Å²) in [4.78, 5) is 12.4. The first-order valence-corrected chi connectivity index (χ1v) is 6.56. The van der Waals surface area contributed by atoms with Gasteiger partial charge in [0.1, 0.15) is 5.82 Å². The predicted molar refractivity (Wildman–Crippen MR) is 78.1 cm³/mol. The lowest BCUT2D eigenvalue weighted by atomic mass is 10.0. The Balaban J connectivity index is 1.96. The smallest absolute Gasteiger partial charge is 0.199 e.